The standard InChI is InChI=1S/C20H25NO3/c1-20(2,3)24-19(23)16-9-7-14(8-10-16)5-4-6-15-11-12-18(22)17(15)13-21/h7-10,15,17H,4-6,11-12H2,1-3H3. The first-order valence-electron chi connectivity index (χ1n) is 8.55. The molecular formula is C20H25NO3. The summed E-state index contributed by atoms with van der Waals surface area (Å²) in [5.41, 5.74) is 1.21. The van der Waals surface area contributed by atoms with E-state index < -0.39 is 11.5 Å². The fraction of sp³-hybridized carbons (Fsp3) is 0.550. The maximum atomic E-state index is 12.0. The molecule has 1 aromatic carbocycles. The van der Waals surface area contributed by atoms with Crippen LogP contribution in [0.15, 0.2) is 24.3 Å². The predicted octanol–water partition coefficient (Wildman–Crippen LogP) is 4.08. The molecule has 0 bridgehead atoms. The number of nitrogens with zero attached hydrogens (tertiary/aromatic N) is 1. The monoisotopic (exact) mass is 327 g/mol. The minimum absolute atomic E-state index is 0.101. The smallest absolute Gasteiger partial charge is 0.338 e. The maximum Gasteiger partial charge on any atom is 0.338 e. The Hall–Kier alpha value is -2.15. The van der Waals surface area contributed by atoms with Crippen molar-refractivity contribution >= 4 is 11.8 Å². The van der Waals surface area contributed by atoms with E-state index in [-0.39, 0.29) is 17.7 Å². The largest absolute Gasteiger partial charge is 0.456 e. The van der Waals surface area contributed by atoms with Crippen LogP contribution in [0.3, 0.4) is 0 Å². The lowest BCUT2D eigenvalue weighted by molar-refractivity contribution is -0.119. The Morgan fingerprint density at radius 2 is 1.96 bits per heavy atom. The zero-order valence-corrected chi connectivity index (χ0v) is 14.7. The Labute approximate surface area is 143 Å². The van der Waals surface area contributed by atoms with Crippen LogP contribution in [0.4, 0.5) is 0 Å². The normalized spacial score (nSPS) is 20.7. The molecule has 2 rings (SSSR count). The number of Topliss-reactive ketones (excluding diaryl/α,β-unsaturated/α-hetero) is 1. The fourth-order valence-corrected chi connectivity index (χ4v) is 3.11. The summed E-state index contributed by atoms with van der Waals surface area (Å²) in [6.45, 7) is 5.55. The Kier molecular flexibility index (Phi) is 5.77. The summed E-state index contributed by atoms with van der Waals surface area (Å²) in [7, 11) is 0. The molecule has 0 saturated heterocycles. The van der Waals surface area contributed by atoms with Gasteiger partial charge in [-0.25, -0.2) is 4.79 Å². The predicted molar refractivity (Wildman–Crippen MR) is 91.4 cm³/mol. The number of hydrogen-bond acceptors (Lipinski definition) is 4. The summed E-state index contributed by atoms with van der Waals surface area (Å²) in [5.74, 6) is -0.400. The van der Waals surface area contributed by atoms with Crippen molar-refractivity contribution in [2.75, 3.05) is 0 Å². The van der Waals surface area contributed by atoms with E-state index in [9.17, 15) is 9.59 Å². The maximum absolute atomic E-state index is 12.0. The van der Waals surface area contributed by atoms with Gasteiger partial charge in [-0.2, -0.15) is 5.26 Å². The van der Waals surface area contributed by atoms with E-state index in [1.54, 1.807) is 12.1 Å². The van der Waals surface area contributed by atoms with Crippen LogP contribution in [0.5, 0.6) is 0 Å². The Morgan fingerprint density at radius 3 is 2.54 bits per heavy atom. The van der Waals surface area contributed by atoms with Crippen molar-refractivity contribution in [2.24, 2.45) is 11.8 Å². The van der Waals surface area contributed by atoms with E-state index in [2.05, 4.69) is 6.07 Å². The lowest BCUT2D eigenvalue weighted by Crippen LogP contribution is -2.23. The zero-order valence-electron chi connectivity index (χ0n) is 14.7. The molecule has 128 valence electrons. The van der Waals surface area contributed by atoms with Crippen LogP contribution in [0.25, 0.3) is 0 Å². The summed E-state index contributed by atoms with van der Waals surface area (Å²) >= 11 is 0. The first kappa shape index (κ1) is 18.2. The van der Waals surface area contributed by atoms with Crippen molar-refractivity contribution < 1.29 is 14.3 Å². The number of ether oxygens (including phenoxy) is 1. The van der Waals surface area contributed by atoms with Crippen molar-refractivity contribution in [3.05, 3.63) is 35.4 Å². The lowest BCUT2D eigenvalue weighted by Gasteiger charge is -2.19. The summed E-state index contributed by atoms with van der Waals surface area (Å²) in [5, 5.41) is 9.07. The van der Waals surface area contributed by atoms with Gasteiger partial charge in [0.15, 0.2) is 0 Å². The third-order valence-corrected chi connectivity index (χ3v) is 4.35. The number of ketones is 1. The van der Waals surface area contributed by atoms with E-state index >= 15 is 0 Å². The van der Waals surface area contributed by atoms with Crippen LogP contribution in [-0.2, 0) is 16.0 Å². The highest BCUT2D eigenvalue weighted by Gasteiger charge is 2.33. The van der Waals surface area contributed by atoms with Crippen LogP contribution in [0, 0.1) is 23.2 Å². The molecule has 0 radical (unpaired) electrons. The highest BCUT2D eigenvalue weighted by Crippen LogP contribution is 2.32. The number of carbonyl (C=O) groups excluding carboxylic acids is 2. The van der Waals surface area contributed by atoms with Gasteiger partial charge in [-0.05, 0) is 70.1 Å². The molecule has 1 aliphatic rings. The van der Waals surface area contributed by atoms with Gasteiger partial charge >= 0.3 is 5.97 Å². The van der Waals surface area contributed by atoms with Gasteiger partial charge in [-0.15, -0.1) is 0 Å². The molecule has 0 heterocycles. The SMILES string of the molecule is CC(C)(C)OC(=O)c1ccc(CCCC2CCC(=O)C2C#N)cc1. The van der Waals surface area contributed by atoms with Crippen LogP contribution in [-0.4, -0.2) is 17.4 Å². The molecule has 0 amide bonds. The zero-order chi connectivity index (χ0) is 17.7. The molecule has 24 heavy (non-hydrogen) atoms. The first-order valence-corrected chi connectivity index (χ1v) is 8.55. The molecule has 2 atom stereocenters. The number of benzene rings is 1. The van der Waals surface area contributed by atoms with Crippen molar-refractivity contribution in [3.63, 3.8) is 0 Å². The number of hydrogen-bond donors (Lipinski definition) is 0. The van der Waals surface area contributed by atoms with Crippen molar-refractivity contribution in [1.29, 1.82) is 5.26 Å². The molecule has 1 saturated carbocycles. The van der Waals surface area contributed by atoms with E-state index in [1.165, 1.54) is 0 Å². The highest BCUT2D eigenvalue weighted by molar-refractivity contribution is 5.89. The summed E-state index contributed by atoms with van der Waals surface area (Å²) in [6.07, 6.45) is 4.12. The number of rotatable bonds is 5. The van der Waals surface area contributed by atoms with Gasteiger partial charge in [0, 0.05) is 6.42 Å². The minimum atomic E-state index is -0.494. The molecular weight excluding hydrogens is 302 g/mol. The van der Waals surface area contributed by atoms with Gasteiger partial charge in [0.1, 0.15) is 17.3 Å². The molecule has 0 spiro atoms. The second-order valence-electron chi connectivity index (χ2n) is 7.46. The summed E-state index contributed by atoms with van der Waals surface area (Å²) in [6, 6.07) is 9.62. The van der Waals surface area contributed by atoms with Crippen molar-refractivity contribution in [3.8, 4) is 6.07 Å². The topological polar surface area (TPSA) is 67.2 Å². The minimum Gasteiger partial charge on any atom is -0.456 e. The van der Waals surface area contributed by atoms with E-state index in [4.69, 9.17) is 10.00 Å². The van der Waals surface area contributed by atoms with Crippen molar-refractivity contribution in [2.45, 2.75) is 58.5 Å². The van der Waals surface area contributed by atoms with Gasteiger partial charge in [0.25, 0.3) is 0 Å². The Morgan fingerprint density at radius 1 is 1.29 bits per heavy atom. The highest BCUT2D eigenvalue weighted by atomic mass is 16.6. The van der Waals surface area contributed by atoms with Gasteiger partial charge in [-0.3, -0.25) is 4.79 Å². The van der Waals surface area contributed by atoms with Gasteiger partial charge < -0.3 is 4.74 Å². The summed E-state index contributed by atoms with van der Waals surface area (Å²) < 4.78 is 5.34. The second-order valence-corrected chi connectivity index (χ2v) is 7.46. The van der Waals surface area contributed by atoms with Crippen LogP contribution >= 0.6 is 0 Å². The Bertz CT molecular complexity index is 634. The third kappa shape index (κ3) is 4.92. The van der Waals surface area contributed by atoms with E-state index in [0.717, 1.165) is 31.2 Å². The second kappa shape index (κ2) is 7.61. The number of nitriles is 1. The Balaban J connectivity index is 1.83. The van der Waals surface area contributed by atoms with E-state index in [0.29, 0.717) is 12.0 Å². The average molecular weight is 327 g/mol. The number of aryl methyl sites for hydroxylation is 1. The molecule has 1 fully saturated rings. The molecule has 1 aromatic rings. The molecule has 0 aliphatic heterocycles. The molecule has 1 aliphatic carbocycles. The summed E-state index contributed by atoms with van der Waals surface area (Å²) in [4.78, 5) is 23.6. The lowest BCUT2D eigenvalue weighted by atomic mass is 9.91. The van der Waals surface area contributed by atoms with E-state index in [1.807, 2.05) is 32.9 Å². The van der Waals surface area contributed by atoms with Crippen LogP contribution in [0.2, 0.25) is 0 Å². The number of esters is 1. The average Bonchev–Trinajstić information content (AvgIpc) is 2.86. The third-order valence-electron chi connectivity index (χ3n) is 4.35. The molecule has 0 N–H and O–H groups in total. The van der Waals surface area contributed by atoms with Crippen LogP contribution < -0.4 is 0 Å². The quantitative estimate of drug-likeness (QED) is 0.764. The number of carbonyl (C=O) groups is 2. The van der Waals surface area contributed by atoms with Gasteiger partial charge in [0.2, 0.25) is 0 Å². The van der Waals surface area contributed by atoms with Crippen molar-refractivity contribution in [1.82, 2.24) is 0 Å². The first-order chi connectivity index (χ1) is 11.3. The molecule has 0 aromatic heterocycles. The van der Waals surface area contributed by atoms with Crippen LogP contribution in [0.1, 0.15) is 62.4 Å². The molecule has 4 nitrogen and oxygen atoms in total. The van der Waals surface area contributed by atoms with Gasteiger partial charge in [0.05, 0.1) is 11.6 Å². The fourth-order valence-electron chi connectivity index (χ4n) is 3.11. The molecule has 4 heteroatoms. The van der Waals surface area contributed by atoms with Gasteiger partial charge in [-0.1, -0.05) is 12.1 Å². The molecule has 2 unspecified atom stereocenters.